The number of rotatable bonds is 4. The molecule has 6 nitrogen and oxygen atoms in total. The van der Waals surface area contributed by atoms with Gasteiger partial charge in [0.2, 0.25) is 0 Å². The van der Waals surface area contributed by atoms with Crippen molar-refractivity contribution in [3.05, 3.63) is 59.2 Å². The number of carbonyl (C=O) groups excluding carboxylic acids is 1. The van der Waals surface area contributed by atoms with Gasteiger partial charge in [-0.05, 0) is 69.0 Å². The molecule has 7 heteroatoms. The Morgan fingerprint density at radius 3 is 2.78 bits per heavy atom. The number of para-hydroxylation sites is 1. The Kier molecular flexibility index (Phi) is 6.29. The van der Waals surface area contributed by atoms with Crippen LogP contribution in [0.2, 0.25) is 0 Å². The fourth-order valence-corrected chi connectivity index (χ4v) is 5.17. The number of amides is 1. The van der Waals surface area contributed by atoms with Gasteiger partial charge in [-0.3, -0.25) is 9.79 Å². The fraction of sp³-hybridized carbons (Fsp3) is 0.400. The van der Waals surface area contributed by atoms with E-state index in [0.717, 1.165) is 47.8 Å². The smallest absolute Gasteiger partial charge is 0.302 e. The molecule has 168 valence electrons. The zero-order valence-corrected chi connectivity index (χ0v) is 20.2. The first-order chi connectivity index (χ1) is 15.4. The number of hydrogen-bond donors (Lipinski definition) is 0. The molecule has 2 aromatic carbocycles. The zero-order chi connectivity index (χ0) is 22.9. The van der Waals surface area contributed by atoms with E-state index >= 15 is 0 Å². The molecule has 4 rings (SSSR count). The van der Waals surface area contributed by atoms with Gasteiger partial charge in [0.15, 0.2) is 0 Å². The van der Waals surface area contributed by atoms with Crippen LogP contribution < -0.4 is 9.64 Å². The second kappa shape index (κ2) is 8.98. The molecule has 2 aromatic rings. The van der Waals surface area contributed by atoms with E-state index in [1.807, 2.05) is 18.2 Å². The molecule has 2 heterocycles. The van der Waals surface area contributed by atoms with Gasteiger partial charge in [0.25, 0.3) is 0 Å². The minimum absolute atomic E-state index is 0.0277. The number of anilines is 1. The Morgan fingerprint density at radius 1 is 1.25 bits per heavy atom. The number of fused-ring (bicyclic) bond motifs is 1. The van der Waals surface area contributed by atoms with Crippen LogP contribution in [0, 0.1) is 0 Å². The molecule has 0 unspecified atom stereocenters. The van der Waals surface area contributed by atoms with Crippen molar-refractivity contribution in [2.75, 3.05) is 32.1 Å². The number of ether oxygens (including phenoxy) is 1. The Morgan fingerprint density at radius 2 is 2.03 bits per heavy atom. The van der Waals surface area contributed by atoms with Gasteiger partial charge in [0.1, 0.15) is 11.6 Å². The average molecular weight is 451 g/mol. The van der Waals surface area contributed by atoms with Crippen LogP contribution in [-0.4, -0.2) is 53.8 Å². The first-order valence-electron chi connectivity index (χ1n) is 11.0. The Balaban J connectivity index is 1.76. The van der Waals surface area contributed by atoms with Crippen LogP contribution >= 0.6 is 11.8 Å². The summed E-state index contributed by atoms with van der Waals surface area (Å²) in [7, 11) is 3.41. The number of nitrogens with zero attached hydrogens (tertiary/aromatic N) is 4. The van der Waals surface area contributed by atoms with Gasteiger partial charge in [-0.2, -0.15) is 5.10 Å². The molecule has 0 aromatic heterocycles. The molecule has 0 saturated carbocycles. The lowest BCUT2D eigenvalue weighted by Crippen LogP contribution is -2.40. The van der Waals surface area contributed by atoms with Gasteiger partial charge in [-0.15, -0.1) is 0 Å². The van der Waals surface area contributed by atoms with Gasteiger partial charge in [0.05, 0.1) is 23.1 Å². The van der Waals surface area contributed by atoms with Gasteiger partial charge >= 0.3 is 5.24 Å². The first kappa shape index (κ1) is 22.4. The number of carbonyl (C=O) groups is 1. The van der Waals surface area contributed by atoms with Crippen molar-refractivity contribution in [1.82, 2.24) is 5.01 Å². The molecule has 32 heavy (non-hydrogen) atoms. The molecule has 0 bridgehead atoms. The van der Waals surface area contributed by atoms with Gasteiger partial charge < -0.3 is 9.64 Å². The van der Waals surface area contributed by atoms with E-state index in [1.54, 1.807) is 14.2 Å². The summed E-state index contributed by atoms with van der Waals surface area (Å²) in [6.07, 6.45) is 2.04. The molecule has 0 saturated heterocycles. The summed E-state index contributed by atoms with van der Waals surface area (Å²) in [6, 6.07) is 14.6. The monoisotopic (exact) mass is 450 g/mol. The number of hydrogen-bond acceptors (Lipinski definition) is 5. The first-order valence-corrected chi connectivity index (χ1v) is 11.8. The van der Waals surface area contributed by atoms with Crippen molar-refractivity contribution >= 4 is 34.2 Å². The topological polar surface area (TPSA) is 57.5 Å². The molecule has 2 aliphatic heterocycles. The molecule has 0 radical (unpaired) electrons. The van der Waals surface area contributed by atoms with Crippen molar-refractivity contribution in [1.29, 1.82) is 0 Å². The highest BCUT2D eigenvalue weighted by molar-refractivity contribution is 8.15. The van der Waals surface area contributed by atoms with Crippen LogP contribution in [0.1, 0.15) is 43.9 Å². The van der Waals surface area contributed by atoms with E-state index in [2.05, 4.69) is 55.0 Å². The Hall–Kier alpha value is -2.80. The van der Waals surface area contributed by atoms with E-state index in [-0.39, 0.29) is 9.99 Å². The van der Waals surface area contributed by atoms with Gasteiger partial charge in [-0.1, -0.05) is 30.0 Å². The Bertz CT molecular complexity index is 1090. The molecule has 0 N–H and O–H groups in total. The highest BCUT2D eigenvalue weighted by Crippen LogP contribution is 2.37. The maximum atomic E-state index is 12.1. The van der Waals surface area contributed by atoms with Crippen LogP contribution in [0.5, 0.6) is 5.75 Å². The maximum Gasteiger partial charge on any atom is 0.302 e. The summed E-state index contributed by atoms with van der Waals surface area (Å²) in [6.45, 7) is 7.77. The molecule has 0 fully saturated rings. The van der Waals surface area contributed by atoms with E-state index in [1.165, 1.54) is 28.0 Å². The predicted octanol–water partition coefficient (Wildman–Crippen LogP) is 5.20. The lowest BCUT2D eigenvalue weighted by molar-refractivity contribution is 0.234. The van der Waals surface area contributed by atoms with Crippen LogP contribution in [0.15, 0.2) is 52.6 Å². The maximum absolute atomic E-state index is 12.1. The number of thioether (sulfide) groups is 1. The highest BCUT2D eigenvalue weighted by Gasteiger charge is 2.37. The quantitative estimate of drug-likeness (QED) is 0.475. The van der Waals surface area contributed by atoms with Crippen LogP contribution in [0.3, 0.4) is 0 Å². The van der Waals surface area contributed by atoms with Crippen molar-refractivity contribution in [2.24, 2.45) is 10.1 Å². The summed E-state index contributed by atoms with van der Waals surface area (Å²) in [5.74, 6) is 1.77. The van der Waals surface area contributed by atoms with Crippen LogP contribution in [0.25, 0.3) is 0 Å². The molecule has 1 amide bonds. The third kappa shape index (κ3) is 4.13. The second-order valence-electron chi connectivity index (χ2n) is 8.45. The van der Waals surface area contributed by atoms with Crippen molar-refractivity contribution < 1.29 is 9.53 Å². The van der Waals surface area contributed by atoms with Crippen molar-refractivity contribution in [2.45, 2.75) is 38.4 Å². The van der Waals surface area contributed by atoms with Crippen LogP contribution in [0.4, 0.5) is 10.5 Å². The lowest BCUT2D eigenvalue weighted by Gasteiger charge is -2.35. The second-order valence-corrected chi connectivity index (χ2v) is 10.0. The minimum atomic E-state index is -0.377. The summed E-state index contributed by atoms with van der Waals surface area (Å²) < 4.78 is 5.26. The van der Waals surface area contributed by atoms with Gasteiger partial charge in [-0.25, -0.2) is 5.01 Å². The fourth-order valence-electron chi connectivity index (χ4n) is 4.31. The number of methoxy groups -OCH3 is 1. The molecule has 0 aliphatic carbocycles. The van der Waals surface area contributed by atoms with E-state index in [9.17, 15) is 4.79 Å². The number of aliphatic imine (C=N–C) groups is 1. The number of benzene rings is 2. The lowest BCUT2D eigenvalue weighted by atomic mass is 9.93. The summed E-state index contributed by atoms with van der Waals surface area (Å²) in [5.41, 5.74) is 5.44. The molecular weight excluding hydrogens is 420 g/mol. The standard InChI is InChI=1S/C25H30N4O2S/c1-6-26-23(19-11-7-8-12-21(19)31-5)29-15-9-10-17-16-18(13-14-20(17)29)22-25(2,3)32-24(30)28(4)27-22/h7-8,11-14,16H,6,9-10,15H2,1-5H3. The number of aryl methyl sites for hydroxylation is 1. The van der Waals surface area contributed by atoms with E-state index < -0.39 is 0 Å². The normalized spacial score (nSPS) is 18.3. The molecular formula is C25H30N4O2S. The molecule has 0 atom stereocenters. The SMILES string of the molecule is CCN=C(c1ccccc1OC)N1CCCc2cc(C3=NN(C)C(=O)SC3(C)C)ccc21. The number of hydrazone groups is 1. The average Bonchev–Trinajstić information content (AvgIpc) is 2.79. The zero-order valence-electron chi connectivity index (χ0n) is 19.4. The summed E-state index contributed by atoms with van der Waals surface area (Å²) in [5, 5.41) is 6.02. The van der Waals surface area contributed by atoms with Crippen LogP contribution in [-0.2, 0) is 6.42 Å². The van der Waals surface area contributed by atoms with Gasteiger partial charge in [0, 0.05) is 25.8 Å². The third-order valence-corrected chi connectivity index (χ3v) is 6.95. The Labute approximate surface area is 194 Å². The minimum Gasteiger partial charge on any atom is -0.496 e. The highest BCUT2D eigenvalue weighted by atomic mass is 32.2. The summed E-state index contributed by atoms with van der Waals surface area (Å²) in [4.78, 5) is 19.3. The summed E-state index contributed by atoms with van der Waals surface area (Å²) >= 11 is 1.32. The third-order valence-electron chi connectivity index (χ3n) is 5.81. The van der Waals surface area contributed by atoms with E-state index in [4.69, 9.17) is 9.73 Å². The van der Waals surface area contributed by atoms with Crippen molar-refractivity contribution in [3.63, 3.8) is 0 Å². The predicted molar refractivity (Wildman–Crippen MR) is 134 cm³/mol. The number of amidine groups is 1. The largest absolute Gasteiger partial charge is 0.496 e. The molecule has 0 spiro atoms. The molecule has 2 aliphatic rings. The van der Waals surface area contributed by atoms with E-state index in [0.29, 0.717) is 6.54 Å². The van der Waals surface area contributed by atoms with Crippen molar-refractivity contribution in [3.8, 4) is 5.75 Å².